The average molecular weight is 541 g/mol. The zero-order chi connectivity index (χ0) is 18.5. The number of ether oxygens (including phenoxy) is 2. The molecule has 0 saturated heterocycles. The van der Waals surface area contributed by atoms with Crippen molar-refractivity contribution in [2.75, 3.05) is 53.6 Å². The van der Waals surface area contributed by atoms with Crippen molar-refractivity contribution in [2.45, 2.75) is 10.6 Å². The molecule has 0 bridgehead atoms. The lowest BCUT2D eigenvalue weighted by Crippen LogP contribution is -2.41. The molecular weight excluding hydrogens is 515 g/mol. The van der Waals surface area contributed by atoms with E-state index in [9.17, 15) is 8.42 Å². The summed E-state index contributed by atoms with van der Waals surface area (Å²) in [4.78, 5) is 4.07. The van der Waals surface area contributed by atoms with Crippen molar-refractivity contribution in [3.63, 3.8) is 0 Å². The van der Waals surface area contributed by atoms with E-state index < -0.39 is 10.0 Å². The molecule has 152 valence electrons. The topological polar surface area (TPSA) is 101 Å². The number of sulfonamides is 1. The summed E-state index contributed by atoms with van der Waals surface area (Å²) in [5.74, 6) is 0.607. The molecule has 0 amide bonds. The fourth-order valence-corrected chi connectivity index (χ4v) is 4.28. The molecular formula is C14H26ClIN4O4S2. The predicted octanol–water partition coefficient (Wildman–Crippen LogP) is 1.52. The molecule has 1 aromatic rings. The highest BCUT2D eigenvalue weighted by Crippen LogP contribution is 2.24. The minimum absolute atomic E-state index is 0. The minimum Gasteiger partial charge on any atom is -0.382 e. The number of nitrogens with zero attached hydrogens (tertiary/aromatic N) is 1. The molecule has 0 saturated carbocycles. The zero-order valence-electron chi connectivity index (χ0n) is 14.8. The third-order valence-corrected chi connectivity index (χ3v) is 6.12. The van der Waals surface area contributed by atoms with E-state index in [2.05, 4.69) is 20.3 Å². The van der Waals surface area contributed by atoms with Gasteiger partial charge in [-0.15, -0.1) is 35.3 Å². The van der Waals surface area contributed by atoms with Gasteiger partial charge in [-0.05, 0) is 18.6 Å². The van der Waals surface area contributed by atoms with Gasteiger partial charge < -0.3 is 20.1 Å². The third-order valence-electron chi connectivity index (χ3n) is 2.94. The lowest BCUT2D eigenvalue weighted by Gasteiger charge is -2.12. The van der Waals surface area contributed by atoms with Crippen molar-refractivity contribution >= 4 is 62.9 Å². The van der Waals surface area contributed by atoms with Crippen LogP contribution in [0.4, 0.5) is 0 Å². The van der Waals surface area contributed by atoms with Crippen molar-refractivity contribution in [1.82, 2.24) is 15.4 Å². The van der Waals surface area contributed by atoms with Crippen LogP contribution in [0.3, 0.4) is 0 Å². The van der Waals surface area contributed by atoms with Gasteiger partial charge >= 0.3 is 0 Å². The van der Waals surface area contributed by atoms with Gasteiger partial charge in [0.2, 0.25) is 10.0 Å². The summed E-state index contributed by atoms with van der Waals surface area (Å²) in [5, 5.41) is 6.17. The fraction of sp³-hybridized carbons (Fsp3) is 0.643. The molecule has 0 spiro atoms. The number of guanidine groups is 1. The Kier molecular flexibility index (Phi) is 14.7. The first-order chi connectivity index (χ1) is 12.0. The van der Waals surface area contributed by atoms with Crippen molar-refractivity contribution in [1.29, 1.82) is 0 Å². The third kappa shape index (κ3) is 10.8. The summed E-state index contributed by atoms with van der Waals surface area (Å²) in [7, 11) is -0.229. The first-order valence-electron chi connectivity index (χ1n) is 7.76. The molecule has 0 aliphatic heterocycles. The Morgan fingerprint density at radius 3 is 2.54 bits per heavy atom. The highest BCUT2D eigenvalue weighted by Gasteiger charge is 2.15. The lowest BCUT2D eigenvalue weighted by molar-refractivity contribution is 0.0698. The van der Waals surface area contributed by atoms with Gasteiger partial charge in [0.25, 0.3) is 0 Å². The summed E-state index contributed by atoms with van der Waals surface area (Å²) in [6, 6.07) is 3.04. The van der Waals surface area contributed by atoms with Crippen LogP contribution in [0.2, 0.25) is 4.34 Å². The Morgan fingerprint density at radius 1 is 1.19 bits per heavy atom. The van der Waals surface area contributed by atoms with E-state index in [1.54, 1.807) is 20.2 Å². The van der Waals surface area contributed by atoms with E-state index >= 15 is 0 Å². The number of rotatable bonds is 12. The van der Waals surface area contributed by atoms with E-state index in [1.165, 1.54) is 6.07 Å². The SMILES string of the molecule is CN=C(NCCCOCCOC)NCCNS(=O)(=O)c1ccc(Cl)s1.I. The van der Waals surface area contributed by atoms with Crippen LogP contribution in [-0.2, 0) is 19.5 Å². The van der Waals surface area contributed by atoms with E-state index in [0.29, 0.717) is 43.2 Å². The van der Waals surface area contributed by atoms with Crippen LogP contribution >= 0.6 is 46.9 Å². The van der Waals surface area contributed by atoms with Gasteiger partial charge in [0.05, 0.1) is 17.6 Å². The van der Waals surface area contributed by atoms with Crippen molar-refractivity contribution in [3.05, 3.63) is 16.5 Å². The lowest BCUT2D eigenvalue weighted by atomic mass is 10.4. The second-order valence-corrected chi connectivity index (χ2v) is 8.55. The van der Waals surface area contributed by atoms with Gasteiger partial charge in [0.1, 0.15) is 4.21 Å². The smallest absolute Gasteiger partial charge is 0.250 e. The van der Waals surface area contributed by atoms with Crippen molar-refractivity contribution in [3.8, 4) is 0 Å². The molecule has 3 N–H and O–H groups in total. The number of halogens is 2. The van der Waals surface area contributed by atoms with Crippen molar-refractivity contribution < 1.29 is 17.9 Å². The molecule has 26 heavy (non-hydrogen) atoms. The summed E-state index contributed by atoms with van der Waals surface area (Å²) < 4.78 is 37.4. The highest BCUT2D eigenvalue weighted by molar-refractivity contribution is 14.0. The summed E-state index contributed by atoms with van der Waals surface area (Å²) in [6.45, 7) is 3.15. The quantitative estimate of drug-likeness (QED) is 0.161. The first-order valence-corrected chi connectivity index (χ1v) is 10.4. The van der Waals surface area contributed by atoms with E-state index in [1.807, 2.05) is 0 Å². The van der Waals surface area contributed by atoms with Gasteiger partial charge in [0, 0.05) is 40.4 Å². The number of thiophene rings is 1. The van der Waals surface area contributed by atoms with Crippen LogP contribution in [0.5, 0.6) is 0 Å². The van der Waals surface area contributed by atoms with Crippen LogP contribution in [0.1, 0.15) is 6.42 Å². The fourth-order valence-electron chi connectivity index (χ4n) is 1.73. The monoisotopic (exact) mass is 540 g/mol. The molecule has 0 radical (unpaired) electrons. The summed E-state index contributed by atoms with van der Waals surface area (Å²) >= 11 is 6.78. The Balaban J connectivity index is 0.00000625. The van der Waals surface area contributed by atoms with Crippen LogP contribution in [0.25, 0.3) is 0 Å². The van der Waals surface area contributed by atoms with Crippen LogP contribution in [0.15, 0.2) is 21.3 Å². The number of aliphatic imine (C=N–C) groups is 1. The largest absolute Gasteiger partial charge is 0.382 e. The van der Waals surface area contributed by atoms with Crippen LogP contribution in [0, 0.1) is 0 Å². The molecule has 1 aromatic heterocycles. The molecule has 0 aliphatic carbocycles. The summed E-state index contributed by atoms with van der Waals surface area (Å²) in [6.07, 6.45) is 0.830. The maximum Gasteiger partial charge on any atom is 0.250 e. The van der Waals surface area contributed by atoms with Gasteiger partial charge in [-0.25, -0.2) is 13.1 Å². The van der Waals surface area contributed by atoms with Gasteiger partial charge in [0.15, 0.2) is 5.96 Å². The second-order valence-electron chi connectivity index (χ2n) is 4.84. The van der Waals surface area contributed by atoms with Crippen LogP contribution < -0.4 is 15.4 Å². The van der Waals surface area contributed by atoms with Gasteiger partial charge in [-0.3, -0.25) is 4.99 Å². The number of hydrogen-bond donors (Lipinski definition) is 3. The Labute approximate surface area is 181 Å². The second kappa shape index (κ2) is 14.8. The minimum atomic E-state index is -3.52. The van der Waals surface area contributed by atoms with E-state index in [0.717, 1.165) is 17.8 Å². The number of nitrogens with one attached hydrogen (secondary N) is 3. The van der Waals surface area contributed by atoms with E-state index in [-0.39, 0.29) is 34.7 Å². The molecule has 0 aliphatic rings. The standard InChI is InChI=1S/C14H25ClN4O4S2.HI/c1-16-14(17-6-3-9-23-11-10-22-2)18-7-8-19-25(20,21)13-5-4-12(15)24-13;/h4-5,19H,3,6-11H2,1-2H3,(H2,16,17,18);1H. The summed E-state index contributed by atoms with van der Waals surface area (Å²) in [5.41, 5.74) is 0. The number of methoxy groups -OCH3 is 1. The normalized spacial score (nSPS) is 11.9. The molecule has 0 atom stereocenters. The average Bonchev–Trinajstić information content (AvgIpc) is 3.03. The molecule has 12 heteroatoms. The predicted molar refractivity (Wildman–Crippen MR) is 117 cm³/mol. The molecule has 0 aromatic carbocycles. The highest BCUT2D eigenvalue weighted by atomic mass is 127. The Hall–Kier alpha value is -0.180. The van der Waals surface area contributed by atoms with Gasteiger partial charge in [-0.1, -0.05) is 11.6 Å². The first kappa shape index (κ1) is 25.8. The zero-order valence-corrected chi connectivity index (χ0v) is 19.5. The van der Waals surface area contributed by atoms with Crippen molar-refractivity contribution in [2.24, 2.45) is 4.99 Å². The Morgan fingerprint density at radius 2 is 1.92 bits per heavy atom. The maximum absolute atomic E-state index is 12.0. The van der Waals surface area contributed by atoms with E-state index in [4.69, 9.17) is 21.1 Å². The van der Waals surface area contributed by atoms with Crippen LogP contribution in [-0.4, -0.2) is 68.0 Å². The molecule has 0 unspecified atom stereocenters. The molecule has 0 fully saturated rings. The molecule has 1 rings (SSSR count). The molecule has 8 nitrogen and oxygen atoms in total. The Bertz CT molecular complexity index is 628. The van der Waals surface area contributed by atoms with Gasteiger partial charge in [-0.2, -0.15) is 0 Å². The molecule has 1 heterocycles. The number of hydrogen-bond acceptors (Lipinski definition) is 6. The maximum atomic E-state index is 12.0.